The first-order chi connectivity index (χ1) is 17.5. The number of aromatic nitrogens is 4. The van der Waals surface area contributed by atoms with Crippen LogP contribution in [0.15, 0.2) is 90.9 Å². The molecule has 9 heteroatoms. The summed E-state index contributed by atoms with van der Waals surface area (Å²) in [5.74, 6) is 0.269. The Morgan fingerprint density at radius 2 is 1.78 bits per heavy atom. The molecule has 0 unspecified atom stereocenters. The fourth-order valence-electron chi connectivity index (χ4n) is 3.49. The quantitative estimate of drug-likeness (QED) is 0.247. The van der Waals surface area contributed by atoms with Gasteiger partial charge in [-0.3, -0.25) is 19.1 Å². The van der Waals surface area contributed by atoms with Crippen molar-refractivity contribution in [3.8, 4) is 11.4 Å². The molecular weight excluding hydrogens is 472 g/mol. The van der Waals surface area contributed by atoms with E-state index < -0.39 is 0 Å². The van der Waals surface area contributed by atoms with E-state index in [2.05, 4.69) is 32.4 Å². The standard InChI is InChI=1S/C27H26N6O2S/c1-3-16-33-25(21-12-14-28-15-13-21)31-32-27(33)36-18-24(34)30-23-7-5-4-6-22(23)26(35)29-17-20-10-8-19(2)9-11-20/h3-15H,1,16-18H2,2H3,(H,29,35)(H,30,34). The van der Waals surface area contributed by atoms with Crippen molar-refractivity contribution in [1.29, 1.82) is 0 Å². The summed E-state index contributed by atoms with van der Waals surface area (Å²) in [6.07, 6.45) is 5.14. The van der Waals surface area contributed by atoms with Gasteiger partial charge in [0, 0.05) is 31.0 Å². The van der Waals surface area contributed by atoms with E-state index in [-0.39, 0.29) is 17.6 Å². The molecule has 2 amide bonds. The summed E-state index contributed by atoms with van der Waals surface area (Å²) < 4.78 is 1.90. The molecule has 0 atom stereocenters. The van der Waals surface area contributed by atoms with E-state index in [9.17, 15) is 9.59 Å². The van der Waals surface area contributed by atoms with Crippen LogP contribution in [-0.4, -0.2) is 37.3 Å². The van der Waals surface area contributed by atoms with Crippen molar-refractivity contribution in [3.05, 3.63) is 102 Å². The SMILES string of the molecule is C=CCn1c(SCC(=O)Nc2ccccc2C(=O)NCc2ccc(C)cc2)nnc1-c1ccncc1. The van der Waals surface area contributed by atoms with Crippen molar-refractivity contribution in [3.63, 3.8) is 0 Å². The average Bonchev–Trinajstić information content (AvgIpc) is 3.30. The van der Waals surface area contributed by atoms with Crippen LogP contribution in [0.4, 0.5) is 5.69 Å². The second kappa shape index (κ2) is 11.9. The molecule has 0 aliphatic rings. The number of nitrogens with zero attached hydrogens (tertiary/aromatic N) is 4. The summed E-state index contributed by atoms with van der Waals surface area (Å²) in [4.78, 5) is 29.6. The second-order valence-electron chi connectivity index (χ2n) is 7.99. The summed E-state index contributed by atoms with van der Waals surface area (Å²) in [7, 11) is 0. The number of para-hydroxylation sites is 1. The van der Waals surface area contributed by atoms with Gasteiger partial charge in [0.1, 0.15) is 0 Å². The maximum atomic E-state index is 12.8. The number of amides is 2. The molecule has 2 N–H and O–H groups in total. The highest BCUT2D eigenvalue weighted by molar-refractivity contribution is 7.99. The Morgan fingerprint density at radius 3 is 2.53 bits per heavy atom. The van der Waals surface area contributed by atoms with Gasteiger partial charge in [-0.2, -0.15) is 0 Å². The minimum atomic E-state index is -0.258. The molecule has 0 saturated heterocycles. The lowest BCUT2D eigenvalue weighted by atomic mass is 10.1. The summed E-state index contributed by atoms with van der Waals surface area (Å²) in [6.45, 7) is 6.73. The predicted molar refractivity (Wildman–Crippen MR) is 142 cm³/mol. The number of hydrogen-bond donors (Lipinski definition) is 2. The Balaban J connectivity index is 1.40. The molecule has 0 radical (unpaired) electrons. The molecule has 4 aromatic rings. The smallest absolute Gasteiger partial charge is 0.253 e. The molecule has 0 fully saturated rings. The van der Waals surface area contributed by atoms with Crippen molar-refractivity contribution in [2.75, 3.05) is 11.1 Å². The zero-order valence-electron chi connectivity index (χ0n) is 19.8. The van der Waals surface area contributed by atoms with Crippen LogP contribution in [0.25, 0.3) is 11.4 Å². The number of carbonyl (C=O) groups excluding carboxylic acids is 2. The Kier molecular flexibility index (Phi) is 8.25. The first-order valence-corrected chi connectivity index (χ1v) is 12.3. The van der Waals surface area contributed by atoms with Gasteiger partial charge in [0.2, 0.25) is 5.91 Å². The molecule has 0 aliphatic heterocycles. The maximum absolute atomic E-state index is 12.8. The number of nitrogens with one attached hydrogen (secondary N) is 2. The van der Waals surface area contributed by atoms with Gasteiger partial charge in [-0.1, -0.05) is 59.8 Å². The molecule has 0 bridgehead atoms. The van der Waals surface area contributed by atoms with Crippen LogP contribution >= 0.6 is 11.8 Å². The van der Waals surface area contributed by atoms with Gasteiger partial charge in [-0.05, 0) is 36.8 Å². The average molecular weight is 499 g/mol. The highest BCUT2D eigenvalue weighted by Gasteiger charge is 2.17. The largest absolute Gasteiger partial charge is 0.348 e. The van der Waals surface area contributed by atoms with Crippen LogP contribution < -0.4 is 10.6 Å². The molecule has 0 saturated carbocycles. The maximum Gasteiger partial charge on any atom is 0.253 e. The lowest BCUT2D eigenvalue weighted by Crippen LogP contribution is -2.25. The molecule has 36 heavy (non-hydrogen) atoms. The topological polar surface area (TPSA) is 102 Å². The van der Waals surface area contributed by atoms with Gasteiger partial charge in [0.05, 0.1) is 17.0 Å². The monoisotopic (exact) mass is 498 g/mol. The van der Waals surface area contributed by atoms with Gasteiger partial charge in [0.15, 0.2) is 11.0 Å². The van der Waals surface area contributed by atoms with Crippen molar-refractivity contribution >= 4 is 29.3 Å². The van der Waals surface area contributed by atoms with Crippen LogP contribution in [0.3, 0.4) is 0 Å². The molecule has 0 aliphatic carbocycles. The van der Waals surface area contributed by atoms with E-state index in [4.69, 9.17) is 0 Å². The number of aryl methyl sites for hydroxylation is 1. The molecule has 2 aromatic heterocycles. The molecule has 2 heterocycles. The number of thioether (sulfide) groups is 1. The number of benzene rings is 2. The van der Waals surface area contributed by atoms with E-state index in [0.29, 0.717) is 35.3 Å². The van der Waals surface area contributed by atoms with E-state index >= 15 is 0 Å². The molecule has 4 rings (SSSR count). The fourth-order valence-corrected chi connectivity index (χ4v) is 4.24. The van der Waals surface area contributed by atoms with Gasteiger partial charge in [-0.15, -0.1) is 16.8 Å². The molecule has 2 aromatic carbocycles. The van der Waals surface area contributed by atoms with Crippen molar-refractivity contribution in [2.45, 2.75) is 25.2 Å². The molecule has 182 valence electrons. The summed E-state index contributed by atoms with van der Waals surface area (Å²) in [5.41, 5.74) is 3.89. The Bertz CT molecular complexity index is 1350. The summed E-state index contributed by atoms with van der Waals surface area (Å²) >= 11 is 1.27. The summed E-state index contributed by atoms with van der Waals surface area (Å²) in [6, 6.07) is 18.6. The van der Waals surface area contributed by atoms with E-state index in [1.807, 2.05) is 47.9 Å². The van der Waals surface area contributed by atoms with Crippen LogP contribution in [0.2, 0.25) is 0 Å². The van der Waals surface area contributed by atoms with Gasteiger partial charge in [-0.25, -0.2) is 0 Å². The third-order valence-corrected chi connectivity index (χ3v) is 6.29. The normalized spacial score (nSPS) is 10.6. The van der Waals surface area contributed by atoms with Crippen LogP contribution in [0, 0.1) is 6.92 Å². The Morgan fingerprint density at radius 1 is 1.03 bits per heavy atom. The number of allylic oxidation sites excluding steroid dienone is 1. The first kappa shape index (κ1) is 24.9. The van der Waals surface area contributed by atoms with Gasteiger partial charge in [0.25, 0.3) is 5.91 Å². The Labute approximate surface area is 213 Å². The number of hydrogen-bond acceptors (Lipinski definition) is 6. The number of carbonyl (C=O) groups is 2. The van der Waals surface area contributed by atoms with Crippen LogP contribution in [-0.2, 0) is 17.9 Å². The molecular formula is C27H26N6O2S. The highest BCUT2D eigenvalue weighted by Crippen LogP contribution is 2.24. The third-order valence-electron chi connectivity index (χ3n) is 5.32. The van der Waals surface area contributed by atoms with E-state index in [1.165, 1.54) is 11.8 Å². The minimum Gasteiger partial charge on any atom is -0.348 e. The Hall–Kier alpha value is -4.24. The first-order valence-electron chi connectivity index (χ1n) is 11.3. The number of anilines is 1. The van der Waals surface area contributed by atoms with Crippen LogP contribution in [0.5, 0.6) is 0 Å². The zero-order chi connectivity index (χ0) is 25.3. The van der Waals surface area contributed by atoms with E-state index in [0.717, 1.165) is 16.7 Å². The fraction of sp³-hybridized carbons (Fsp3) is 0.148. The zero-order valence-corrected chi connectivity index (χ0v) is 20.7. The van der Waals surface area contributed by atoms with Crippen molar-refractivity contribution < 1.29 is 9.59 Å². The van der Waals surface area contributed by atoms with Crippen molar-refractivity contribution in [1.82, 2.24) is 25.1 Å². The molecule has 0 spiro atoms. The highest BCUT2D eigenvalue weighted by atomic mass is 32.2. The lowest BCUT2D eigenvalue weighted by molar-refractivity contribution is -0.113. The van der Waals surface area contributed by atoms with Gasteiger partial charge < -0.3 is 10.6 Å². The van der Waals surface area contributed by atoms with E-state index in [1.54, 1.807) is 42.7 Å². The number of rotatable bonds is 10. The summed E-state index contributed by atoms with van der Waals surface area (Å²) in [5, 5.41) is 14.9. The minimum absolute atomic E-state index is 0.102. The van der Waals surface area contributed by atoms with Crippen LogP contribution in [0.1, 0.15) is 21.5 Å². The second-order valence-corrected chi connectivity index (χ2v) is 8.93. The predicted octanol–water partition coefficient (Wildman–Crippen LogP) is 4.50. The van der Waals surface area contributed by atoms with Crippen molar-refractivity contribution in [2.24, 2.45) is 0 Å². The lowest BCUT2D eigenvalue weighted by Gasteiger charge is -2.12. The van der Waals surface area contributed by atoms with Gasteiger partial charge >= 0.3 is 0 Å². The number of pyridine rings is 1. The molecule has 8 nitrogen and oxygen atoms in total. The third kappa shape index (κ3) is 6.25.